The Balaban J connectivity index is 2.27. The largest absolute Gasteiger partial charge is 0.495 e. The number of ether oxygens (including phenoxy) is 1. The highest BCUT2D eigenvalue weighted by atomic mass is 35.7. The van der Waals surface area contributed by atoms with Crippen molar-refractivity contribution in [2.24, 2.45) is 5.92 Å². The number of aryl methyl sites for hydroxylation is 1. The quantitative estimate of drug-likeness (QED) is 0.782. The van der Waals surface area contributed by atoms with Gasteiger partial charge in [0.2, 0.25) is 15.0 Å². The zero-order valence-corrected chi connectivity index (χ0v) is 13.9. The van der Waals surface area contributed by atoms with Crippen molar-refractivity contribution in [3.63, 3.8) is 0 Å². The first-order valence-corrected chi connectivity index (χ1v) is 9.13. The summed E-state index contributed by atoms with van der Waals surface area (Å²) in [7, 11) is 3.15. The van der Waals surface area contributed by atoms with Crippen molar-refractivity contribution in [2.75, 3.05) is 24.3 Å². The minimum Gasteiger partial charge on any atom is -0.495 e. The lowest BCUT2D eigenvalue weighted by Crippen LogP contribution is -2.26. The molecule has 0 aromatic heterocycles. The number of benzene rings is 1. The van der Waals surface area contributed by atoms with Gasteiger partial charge in [-0.05, 0) is 24.6 Å². The van der Waals surface area contributed by atoms with Crippen LogP contribution in [0.1, 0.15) is 12.0 Å². The van der Waals surface area contributed by atoms with Gasteiger partial charge in [0.1, 0.15) is 5.75 Å². The molecule has 1 amide bonds. The smallest absolute Gasteiger partial charge is 0.232 e. The van der Waals surface area contributed by atoms with Crippen LogP contribution in [0.4, 0.5) is 5.69 Å². The first-order valence-electron chi connectivity index (χ1n) is 6.28. The van der Waals surface area contributed by atoms with Crippen LogP contribution in [0.2, 0.25) is 5.02 Å². The molecular formula is C13H15Cl2NO4S. The summed E-state index contributed by atoms with van der Waals surface area (Å²) in [5, 5.41) is 0.402. The molecule has 1 aromatic rings. The zero-order chi connectivity index (χ0) is 15.8. The van der Waals surface area contributed by atoms with Gasteiger partial charge in [-0.25, -0.2) is 8.42 Å². The molecule has 2 rings (SSSR count). The monoisotopic (exact) mass is 351 g/mol. The summed E-state index contributed by atoms with van der Waals surface area (Å²) in [6.07, 6.45) is 0.162. The second-order valence-corrected chi connectivity index (χ2v) is 8.28. The van der Waals surface area contributed by atoms with Crippen molar-refractivity contribution >= 4 is 42.9 Å². The predicted octanol–water partition coefficient (Wildman–Crippen LogP) is 2.58. The highest BCUT2D eigenvalue weighted by Crippen LogP contribution is 2.35. The number of rotatable bonds is 4. The first kappa shape index (κ1) is 16.4. The third kappa shape index (κ3) is 3.81. The highest BCUT2D eigenvalue weighted by Gasteiger charge is 2.34. The average Bonchev–Trinajstić information content (AvgIpc) is 2.70. The van der Waals surface area contributed by atoms with E-state index in [0.717, 1.165) is 5.56 Å². The summed E-state index contributed by atoms with van der Waals surface area (Å²) in [4.78, 5) is 13.7. The summed E-state index contributed by atoms with van der Waals surface area (Å²) in [6.45, 7) is 2.15. The van der Waals surface area contributed by atoms with Crippen molar-refractivity contribution in [2.45, 2.75) is 13.3 Å². The normalized spacial score (nSPS) is 19.1. The number of nitrogens with zero attached hydrogens (tertiary/aromatic N) is 1. The van der Waals surface area contributed by atoms with E-state index in [1.165, 1.54) is 7.11 Å². The number of carbonyl (C=O) groups is 1. The molecule has 1 unspecified atom stereocenters. The molecule has 1 saturated heterocycles. The van der Waals surface area contributed by atoms with Crippen LogP contribution < -0.4 is 9.64 Å². The minimum absolute atomic E-state index is 0.135. The van der Waals surface area contributed by atoms with E-state index in [1.807, 2.05) is 6.92 Å². The average molecular weight is 352 g/mol. The van der Waals surface area contributed by atoms with Crippen LogP contribution in [0.3, 0.4) is 0 Å². The molecule has 0 bridgehead atoms. The summed E-state index contributed by atoms with van der Waals surface area (Å²) < 4.78 is 27.4. The second-order valence-electron chi connectivity index (χ2n) is 5.05. The van der Waals surface area contributed by atoms with Crippen molar-refractivity contribution in [3.8, 4) is 5.75 Å². The number of anilines is 1. The van der Waals surface area contributed by atoms with Crippen molar-refractivity contribution in [1.29, 1.82) is 0 Å². The molecule has 1 aromatic carbocycles. The maximum Gasteiger partial charge on any atom is 0.232 e. The summed E-state index contributed by atoms with van der Waals surface area (Å²) >= 11 is 6.09. The van der Waals surface area contributed by atoms with Gasteiger partial charge in [-0.2, -0.15) is 0 Å². The van der Waals surface area contributed by atoms with Crippen LogP contribution in [-0.4, -0.2) is 33.7 Å². The molecule has 1 aliphatic heterocycles. The lowest BCUT2D eigenvalue weighted by Gasteiger charge is -2.20. The molecule has 0 saturated carbocycles. The molecule has 21 heavy (non-hydrogen) atoms. The Kier molecular flexibility index (Phi) is 4.70. The summed E-state index contributed by atoms with van der Waals surface area (Å²) in [5.41, 5.74) is 1.50. The first-order chi connectivity index (χ1) is 9.71. The van der Waals surface area contributed by atoms with E-state index in [-0.39, 0.29) is 24.0 Å². The van der Waals surface area contributed by atoms with Gasteiger partial charge < -0.3 is 9.64 Å². The molecule has 0 aliphatic carbocycles. The van der Waals surface area contributed by atoms with Gasteiger partial charge in [0, 0.05) is 35.3 Å². The number of hydrogen-bond donors (Lipinski definition) is 0. The van der Waals surface area contributed by atoms with E-state index in [2.05, 4.69) is 0 Å². The van der Waals surface area contributed by atoms with E-state index in [4.69, 9.17) is 27.0 Å². The van der Waals surface area contributed by atoms with Gasteiger partial charge in [0.15, 0.2) is 0 Å². The van der Waals surface area contributed by atoms with E-state index in [9.17, 15) is 13.2 Å². The zero-order valence-electron chi connectivity index (χ0n) is 11.6. The number of carbonyl (C=O) groups excluding carboxylic acids is 1. The van der Waals surface area contributed by atoms with E-state index >= 15 is 0 Å². The molecule has 1 atom stereocenters. The van der Waals surface area contributed by atoms with Gasteiger partial charge in [-0.3, -0.25) is 4.79 Å². The van der Waals surface area contributed by atoms with Gasteiger partial charge in [0.05, 0.1) is 17.9 Å². The molecule has 116 valence electrons. The second kappa shape index (κ2) is 6.02. The highest BCUT2D eigenvalue weighted by molar-refractivity contribution is 8.13. The fraction of sp³-hybridized carbons (Fsp3) is 0.462. The molecule has 1 heterocycles. The van der Waals surface area contributed by atoms with Gasteiger partial charge in [0.25, 0.3) is 0 Å². The summed E-state index contributed by atoms with van der Waals surface area (Å²) in [6, 6.07) is 3.40. The van der Waals surface area contributed by atoms with Crippen LogP contribution in [-0.2, 0) is 13.8 Å². The number of methoxy groups -OCH3 is 1. The lowest BCUT2D eigenvalue weighted by atomic mass is 10.1. The fourth-order valence-corrected chi connectivity index (χ4v) is 4.06. The lowest BCUT2D eigenvalue weighted by molar-refractivity contribution is -0.117. The Morgan fingerprint density at radius 2 is 2.10 bits per heavy atom. The Morgan fingerprint density at radius 3 is 2.67 bits per heavy atom. The van der Waals surface area contributed by atoms with Crippen LogP contribution in [0.5, 0.6) is 5.75 Å². The topological polar surface area (TPSA) is 63.7 Å². The molecule has 1 fully saturated rings. The summed E-state index contributed by atoms with van der Waals surface area (Å²) in [5.74, 6) is -0.117. The van der Waals surface area contributed by atoms with E-state index in [1.54, 1.807) is 17.0 Å². The van der Waals surface area contributed by atoms with Crippen molar-refractivity contribution < 1.29 is 17.9 Å². The Morgan fingerprint density at radius 1 is 1.43 bits per heavy atom. The molecule has 0 spiro atoms. The molecule has 0 N–H and O–H groups in total. The van der Waals surface area contributed by atoms with Crippen molar-refractivity contribution in [3.05, 3.63) is 22.7 Å². The van der Waals surface area contributed by atoms with Crippen LogP contribution in [0, 0.1) is 12.8 Å². The standard InChI is InChI=1S/C13H15Cl2NO4S/c1-8-3-12(20-2)10(14)5-11(8)16-6-9(4-13(16)17)7-21(15,18)19/h3,5,9H,4,6-7H2,1-2H3. The Bertz CT molecular complexity index is 675. The maximum atomic E-state index is 12.1. The SMILES string of the molecule is COc1cc(C)c(N2CC(CS(=O)(=O)Cl)CC2=O)cc1Cl. The molecule has 0 radical (unpaired) electrons. The third-order valence-electron chi connectivity index (χ3n) is 3.40. The Labute approximate surface area is 133 Å². The number of halogens is 2. The molecule has 5 nitrogen and oxygen atoms in total. The molecule has 1 aliphatic rings. The van der Waals surface area contributed by atoms with Gasteiger partial charge >= 0.3 is 0 Å². The van der Waals surface area contributed by atoms with E-state index < -0.39 is 9.05 Å². The van der Waals surface area contributed by atoms with Gasteiger partial charge in [-0.1, -0.05) is 11.6 Å². The van der Waals surface area contributed by atoms with Crippen LogP contribution in [0.25, 0.3) is 0 Å². The molecular weight excluding hydrogens is 337 g/mol. The maximum absolute atomic E-state index is 12.1. The van der Waals surface area contributed by atoms with Crippen LogP contribution in [0.15, 0.2) is 12.1 Å². The fourth-order valence-electron chi connectivity index (χ4n) is 2.50. The predicted molar refractivity (Wildman–Crippen MR) is 82.8 cm³/mol. The molecule has 8 heteroatoms. The number of hydrogen-bond acceptors (Lipinski definition) is 4. The third-order valence-corrected chi connectivity index (χ3v) is 4.94. The minimum atomic E-state index is -3.62. The van der Waals surface area contributed by atoms with E-state index in [0.29, 0.717) is 23.0 Å². The Hall–Kier alpha value is -0.980. The van der Waals surface area contributed by atoms with Crippen LogP contribution >= 0.6 is 22.3 Å². The van der Waals surface area contributed by atoms with Crippen molar-refractivity contribution in [1.82, 2.24) is 0 Å². The number of amides is 1. The van der Waals surface area contributed by atoms with Gasteiger partial charge in [-0.15, -0.1) is 0 Å².